The standard InChI is InChI=1S/C15H19N3O6/c1-8(10(14(21)23-2)15(22)24-3)11(12(16)19)18-13(20)9-5-4-6-17-7-9/h4-8,10-11H,1-3H3,(H2,16,19)(H,18,20)/t8-,11-/m0/s1. The number of carbonyl (C=O) groups is 4. The second-order valence-corrected chi connectivity index (χ2v) is 4.98. The van der Waals surface area contributed by atoms with Crippen molar-refractivity contribution in [3.8, 4) is 0 Å². The van der Waals surface area contributed by atoms with Crippen LogP contribution >= 0.6 is 0 Å². The normalized spacial score (nSPS) is 12.8. The van der Waals surface area contributed by atoms with E-state index in [1.54, 1.807) is 6.07 Å². The molecule has 1 aromatic heterocycles. The van der Waals surface area contributed by atoms with E-state index in [0.717, 1.165) is 14.2 Å². The number of hydrogen-bond acceptors (Lipinski definition) is 7. The zero-order chi connectivity index (χ0) is 18.3. The topological polar surface area (TPSA) is 138 Å². The van der Waals surface area contributed by atoms with Crippen LogP contribution in [0.25, 0.3) is 0 Å². The zero-order valence-corrected chi connectivity index (χ0v) is 13.5. The van der Waals surface area contributed by atoms with Gasteiger partial charge in [-0.05, 0) is 12.1 Å². The lowest BCUT2D eigenvalue weighted by Gasteiger charge is -2.26. The highest BCUT2D eigenvalue weighted by Crippen LogP contribution is 2.20. The first kappa shape index (κ1) is 19.1. The Kier molecular flexibility index (Phi) is 6.84. The summed E-state index contributed by atoms with van der Waals surface area (Å²) in [6, 6.07) is 1.74. The summed E-state index contributed by atoms with van der Waals surface area (Å²) in [6.07, 6.45) is 2.78. The summed E-state index contributed by atoms with van der Waals surface area (Å²) in [6.45, 7) is 1.41. The molecule has 1 heterocycles. The Bertz CT molecular complexity index is 603. The number of hydrogen-bond donors (Lipinski definition) is 2. The van der Waals surface area contributed by atoms with Crippen LogP contribution in [0.4, 0.5) is 0 Å². The molecule has 0 saturated carbocycles. The molecule has 0 fully saturated rings. The summed E-state index contributed by atoms with van der Waals surface area (Å²) in [4.78, 5) is 51.4. The van der Waals surface area contributed by atoms with Crippen LogP contribution in [-0.4, -0.2) is 49.0 Å². The third-order valence-electron chi connectivity index (χ3n) is 3.48. The van der Waals surface area contributed by atoms with Gasteiger partial charge in [0, 0.05) is 18.3 Å². The number of nitrogens with zero attached hydrogens (tertiary/aromatic N) is 1. The predicted octanol–water partition coefficient (Wildman–Crippen LogP) is -0.736. The summed E-state index contributed by atoms with van der Waals surface area (Å²) >= 11 is 0. The Morgan fingerprint density at radius 2 is 1.75 bits per heavy atom. The molecule has 0 aliphatic rings. The summed E-state index contributed by atoms with van der Waals surface area (Å²) in [5.41, 5.74) is 5.51. The fraction of sp³-hybridized carbons (Fsp3) is 0.400. The van der Waals surface area contributed by atoms with Gasteiger partial charge in [-0.15, -0.1) is 0 Å². The molecule has 3 N–H and O–H groups in total. The second-order valence-electron chi connectivity index (χ2n) is 4.98. The number of esters is 2. The van der Waals surface area contributed by atoms with Crippen LogP contribution in [-0.2, 0) is 23.9 Å². The van der Waals surface area contributed by atoms with E-state index in [4.69, 9.17) is 5.73 Å². The molecule has 0 bridgehead atoms. The number of pyridine rings is 1. The third-order valence-corrected chi connectivity index (χ3v) is 3.48. The molecule has 2 atom stereocenters. The summed E-state index contributed by atoms with van der Waals surface area (Å²) in [5.74, 6) is -5.70. The number of amides is 2. The van der Waals surface area contributed by atoms with Crippen molar-refractivity contribution < 1.29 is 28.7 Å². The van der Waals surface area contributed by atoms with Crippen LogP contribution in [0.3, 0.4) is 0 Å². The monoisotopic (exact) mass is 337 g/mol. The highest BCUT2D eigenvalue weighted by molar-refractivity contribution is 5.99. The van der Waals surface area contributed by atoms with Crippen LogP contribution in [0.15, 0.2) is 24.5 Å². The minimum absolute atomic E-state index is 0.198. The maximum absolute atomic E-state index is 12.2. The van der Waals surface area contributed by atoms with Gasteiger partial charge in [-0.2, -0.15) is 0 Å². The number of nitrogens with two attached hydrogens (primary N) is 1. The van der Waals surface area contributed by atoms with Crippen molar-refractivity contribution in [1.29, 1.82) is 0 Å². The molecule has 24 heavy (non-hydrogen) atoms. The lowest BCUT2D eigenvalue weighted by Crippen LogP contribution is -2.52. The highest BCUT2D eigenvalue weighted by atomic mass is 16.5. The fourth-order valence-corrected chi connectivity index (χ4v) is 2.16. The van der Waals surface area contributed by atoms with Crippen LogP contribution in [0.5, 0.6) is 0 Å². The number of primary amides is 1. The maximum Gasteiger partial charge on any atom is 0.320 e. The minimum Gasteiger partial charge on any atom is -0.468 e. The number of carbonyl (C=O) groups excluding carboxylic acids is 4. The zero-order valence-electron chi connectivity index (χ0n) is 13.5. The maximum atomic E-state index is 12.2. The van der Waals surface area contributed by atoms with Crippen LogP contribution in [0.1, 0.15) is 17.3 Å². The van der Waals surface area contributed by atoms with Gasteiger partial charge in [-0.25, -0.2) is 0 Å². The summed E-state index contributed by atoms with van der Waals surface area (Å²) in [5, 5.41) is 2.40. The third kappa shape index (κ3) is 4.51. The Hall–Kier alpha value is -2.97. The lowest BCUT2D eigenvalue weighted by molar-refractivity contribution is -0.161. The SMILES string of the molecule is COC(=O)C(C(=O)OC)[C@H](C)[C@H](NC(=O)c1cccnc1)C(N)=O. The van der Waals surface area contributed by atoms with Gasteiger partial charge in [0.1, 0.15) is 6.04 Å². The smallest absolute Gasteiger partial charge is 0.320 e. The van der Waals surface area contributed by atoms with Gasteiger partial charge >= 0.3 is 11.9 Å². The Balaban J connectivity index is 3.04. The molecule has 2 amide bonds. The number of nitrogens with one attached hydrogen (secondary N) is 1. The van der Waals surface area contributed by atoms with Crippen molar-refractivity contribution >= 4 is 23.8 Å². The Morgan fingerprint density at radius 3 is 2.17 bits per heavy atom. The van der Waals surface area contributed by atoms with Gasteiger partial charge < -0.3 is 20.5 Å². The number of aromatic nitrogens is 1. The molecular formula is C15H19N3O6. The summed E-state index contributed by atoms with van der Waals surface area (Å²) in [7, 11) is 2.19. The van der Waals surface area contributed by atoms with Crippen LogP contribution in [0, 0.1) is 11.8 Å². The molecule has 1 aromatic rings. The van der Waals surface area contributed by atoms with Gasteiger partial charge in [0.05, 0.1) is 19.8 Å². The van der Waals surface area contributed by atoms with E-state index in [1.807, 2.05) is 0 Å². The van der Waals surface area contributed by atoms with E-state index in [2.05, 4.69) is 19.8 Å². The Labute approximate surface area is 138 Å². The van der Waals surface area contributed by atoms with Crippen molar-refractivity contribution in [2.24, 2.45) is 17.6 Å². The molecule has 0 saturated heterocycles. The predicted molar refractivity (Wildman–Crippen MR) is 81.4 cm³/mol. The van der Waals surface area contributed by atoms with Crippen molar-refractivity contribution in [1.82, 2.24) is 10.3 Å². The van der Waals surface area contributed by atoms with Gasteiger partial charge in [0.15, 0.2) is 5.92 Å². The largest absolute Gasteiger partial charge is 0.468 e. The highest BCUT2D eigenvalue weighted by Gasteiger charge is 2.41. The Morgan fingerprint density at radius 1 is 1.17 bits per heavy atom. The number of rotatable bonds is 7. The minimum atomic E-state index is -1.41. The first-order valence-electron chi connectivity index (χ1n) is 6.99. The molecule has 0 spiro atoms. The number of ether oxygens (including phenoxy) is 2. The van der Waals surface area contributed by atoms with E-state index < -0.39 is 41.6 Å². The van der Waals surface area contributed by atoms with Gasteiger partial charge in [-0.3, -0.25) is 24.2 Å². The molecule has 9 heteroatoms. The molecule has 0 unspecified atom stereocenters. The van der Waals surface area contributed by atoms with E-state index in [1.165, 1.54) is 25.4 Å². The lowest BCUT2D eigenvalue weighted by atomic mass is 9.86. The van der Waals surface area contributed by atoms with E-state index >= 15 is 0 Å². The fourth-order valence-electron chi connectivity index (χ4n) is 2.16. The average Bonchev–Trinajstić information content (AvgIpc) is 2.59. The van der Waals surface area contributed by atoms with Crippen LogP contribution in [0.2, 0.25) is 0 Å². The van der Waals surface area contributed by atoms with Crippen molar-refractivity contribution in [3.05, 3.63) is 30.1 Å². The second kappa shape index (κ2) is 8.61. The molecule has 0 aliphatic carbocycles. The quantitative estimate of drug-likeness (QED) is 0.494. The molecule has 0 radical (unpaired) electrons. The molecule has 9 nitrogen and oxygen atoms in total. The summed E-state index contributed by atoms with van der Waals surface area (Å²) < 4.78 is 9.12. The van der Waals surface area contributed by atoms with Gasteiger partial charge in [0.2, 0.25) is 5.91 Å². The van der Waals surface area contributed by atoms with E-state index in [-0.39, 0.29) is 5.56 Å². The van der Waals surface area contributed by atoms with E-state index in [0.29, 0.717) is 0 Å². The van der Waals surface area contributed by atoms with E-state index in [9.17, 15) is 19.2 Å². The van der Waals surface area contributed by atoms with Crippen molar-refractivity contribution in [3.63, 3.8) is 0 Å². The molecule has 130 valence electrons. The molecule has 0 aromatic carbocycles. The van der Waals surface area contributed by atoms with Crippen LogP contribution < -0.4 is 11.1 Å². The van der Waals surface area contributed by atoms with Crippen molar-refractivity contribution in [2.75, 3.05) is 14.2 Å². The molecular weight excluding hydrogens is 318 g/mol. The molecule has 1 rings (SSSR count). The van der Waals surface area contributed by atoms with Gasteiger partial charge in [0.25, 0.3) is 5.91 Å². The average molecular weight is 337 g/mol. The van der Waals surface area contributed by atoms with Crippen molar-refractivity contribution in [2.45, 2.75) is 13.0 Å². The first-order chi connectivity index (χ1) is 11.3. The number of methoxy groups -OCH3 is 2. The molecule has 0 aliphatic heterocycles. The first-order valence-corrected chi connectivity index (χ1v) is 6.99. The van der Waals surface area contributed by atoms with Gasteiger partial charge in [-0.1, -0.05) is 6.92 Å².